The van der Waals surface area contributed by atoms with Gasteiger partial charge in [0.25, 0.3) is 5.91 Å². The number of anilines is 1. The number of aryl methyl sites for hydroxylation is 1. The molecule has 7 heteroatoms. The fraction of sp³-hybridized carbons (Fsp3) is 0.375. The molecule has 118 valence electrons. The molecule has 1 unspecified atom stereocenters. The third-order valence-corrected chi connectivity index (χ3v) is 4.65. The Bertz CT molecular complexity index is 734. The third-order valence-electron chi connectivity index (χ3n) is 3.88. The van der Waals surface area contributed by atoms with Gasteiger partial charge in [-0.3, -0.25) is 4.79 Å². The summed E-state index contributed by atoms with van der Waals surface area (Å²) in [5.41, 5.74) is 1.10. The van der Waals surface area contributed by atoms with Crippen molar-refractivity contribution in [1.82, 2.24) is 14.9 Å². The summed E-state index contributed by atoms with van der Waals surface area (Å²) >= 11 is 1.50. The average molecular weight is 327 g/mol. The van der Waals surface area contributed by atoms with Crippen LogP contribution in [0.2, 0.25) is 0 Å². The van der Waals surface area contributed by atoms with E-state index in [2.05, 4.69) is 15.3 Å². The van der Waals surface area contributed by atoms with E-state index in [1.807, 2.05) is 23.3 Å². The maximum absolute atomic E-state index is 12.4. The molecule has 1 aliphatic rings. The molecule has 1 fully saturated rings. The monoisotopic (exact) mass is 327 g/mol. The van der Waals surface area contributed by atoms with Gasteiger partial charge in [-0.25, -0.2) is 9.97 Å². The summed E-state index contributed by atoms with van der Waals surface area (Å²) in [5, 5.41) is 14.8. The Morgan fingerprint density at radius 3 is 3.09 bits per heavy atom. The van der Waals surface area contributed by atoms with Crippen LogP contribution >= 0.6 is 11.3 Å². The standard InChI is InChI=1S/C16H17N5OS/c1-11-20-14(10-23-11)16(22)21-5-4-13(9-21)8-19-15-3-2-12(6-17)7-18-15/h2-3,7,10,13H,4-5,8-9H2,1H3,(H,18,19). The maximum Gasteiger partial charge on any atom is 0.273 e. The molecule has 0 spiro atoms. The van der Waals surface area contributed by atoms with Crippen molar-refractivity contribution in [3.63, 3.8) is 0 Å². The third kappa shape index (κ3) is 3.66. The molecule has 0 aliphatic carbocycles. The first-order chi connectivity index (χ1) is 11.2. The van der Waals surface area contributed by atoms with E-state index < -0.39 is 0 Å². The molecule has 3 heterocycles. The minimum absolute atomic E-state index is 0.0216. The van der Waals surface area contributed by atoms with Crippen molar-refractivity contribution in [1.29, 1.82) is 5.26 Å². The van der Waals surface area contributed by atoms with Crippen LogP contribution in [0.5, 0.6) is 0 Å². The number of rotatable bonds is 4. The van der Waals surface area contributed by atoms with Gasteiger partial charge in [0.05, 0.1) is 10.6 Å². The Labute approximate surface area is 138 Å². The van der Waals surface area contributed by atoms with Crippen molar-refractivity contribution in [2.75, 3.05) is 25.0 Å². The number of carbonyl (C=O) groups excluding carboxylic acids is 1. The largest absolute Gasteiger partial charge is 0.370 e. The zero-order chi connectivity index (χ0) is 16.2. The van der Waals surface area contributed by atoms with Gasteiger partial charge in [-0.2, -0.15) is 5.26 Å². The first-order valence-electron chi connectivity index (χ1n) is 7.47. The first-order valence-corrected chi connectivity index (χ1v) is 8.35. The van der Waals surface area contributed by atoms with Crippen LogP contribution in [0, 0.1) is 24.2 Å². The normalized spacial score (nSPS) is 17.0. The van der Waals surface area contributed by atoms with Crippen molar-refractivity contribution in [2.24, 2.45) is 5.92 Å². The summed E-state index contributed by atoms with van der Waals surface area (Å²) in [5.74, 6) is 1.17. The molecule has 2 aromatic rings. The van der Waals surface area contributed by atoms with E-state index in [-0.39, 0.29) is 5.91 Å². The zero-order valence-corrected chi connectivity index (χ0v) is 13.6. The van der Waals surface area contributed by atoms with Crippen molar-refractivity contribution in [2.45, 2.75) is 13.3 Å². The number of hydrogen-bond acceptors (Lipinski definition) is 6. The van der Waals surface area contributed by atoms with Gasteiger partial charge in [0.1, 0.15) is 17.6 Å². The van der Waals surface area contributed by atoms with Crippen LogP contribution < -0.4 is 5.32 Å². The Kier molecular flexibility index (Phi) is 4.53. The lowest BCUT2D eigenvalue weighted by molar-refractivity contribution is 0.0782. The molecule has 1 saturated heterocycles. The highest BCUT2D eigenvalue weighted by atomic mass is 32.1. The van der Waals surface area contributed by atoms with E-state index >= 15 is 0 Å². The molecule has 23 heavy (non-hydrogen) atoms. The van der Waals surface area contributed by atoms with Gasteiger partial charge in [-0.15, -0.1) is 11.3 Å². The number of thiazole rings is 1. The Morgan fingerprint density at radius 2 is 2.43 bits per heavy atom. The lowest BCUT2D eigenvalue weighted by Crippen LogP contribution is -2.30. The Hall–Kier alpha value is -2.46. The lowest BCUT2D eigenvalue weighted by atomic mass is 10.1. The van der Waals surface area contributed by atoms with Crippen molar-refractivity contribution >= 4 is 23.1 Å². The summed E-state index contributed by atoms with van der Waals surface area (Å²) in [6.45, 7) is 4.17. The molecular weight excluding hydrogens is 310 g/mol. The van der Waals surface area contributed by atoms with Crippen LogP contribution in [0.4, 0.5) is 5.82 Å². The second kappa shape index (κ2) is 6.75. The van der Waals surface area contributed by atoms with Crippen molar-refractivity contribution in [3.05, 3.63) is 40.0 Å². The number of hydrogen-bond donors (Lipinski definition) is 1. The van der Waals surface area contributed by atoms with E-state index in [0.29, 0.717) is 17.2 Å². The molecule has 0 aromatic carbocycles. The van der Waals surface area contributed by atoms with Crippen LogP contribution in [0.1, 0.15) is 27.5 Å². The lowest BCUT2D eigenvalue weighted by Gasteiger charge is -2.15. The van der Waals surface area contributed by atoms with Crippen LogP contribution in [-0.4, -0.2) is 40.4 Å². The molecule has 6 nitrogen and oxygen atoms in total. The molecule has 0 saturated carbocycles. The van der Waals surface area contributed by atoms with Crippen molar-refractivity contribution < 1.29 is 4.79 Å². The molecule has 1 aliphatic heterocycles. The van der Waals surface area contributed by atoms with Crippen LogP contribution in [0.15, 0.2) is 23.7 Å². The fourth-order valence-corrected chi connectivity index (χ4v) is 3.21. The first kappa shape index (κ1) is 15.4. The zero-order valence-electron chi connectivity index (χ0n) is 12.8. The van der Waals surface area contributed by atoms with E-state index in [0.717, 1.165) is 36.9 Å². The maximum atomic E-state index is 12.4. The number of carbonyl (C=O) groups is 1. The number of nitriles is 1. The predicted octanol–water partition coefficient (Wildman–Crippen LogP) is 2.29. The van der Waals surface area contributed by atoms with Gasteiger partial charge in [0.2, 0.25) is 0 Å². The molecule has 0 bridgehead atoms. The van der Waals surface area contributed by atoms with Gasteiger partial charge < -0.3 is 10.2 Å². The molecule has 0 radical (unpaired) electrons. The fourth-order valence-electron chi connectivity index (χ4n) is 2.62. The van der Waals surface area contributed by atoms with E-state index in [1.54, 1.807) is 18.3 Å². The number of aromatic nitrogens is 2. The highest BCUT2D eigenvalue weighted by Gasteiger charge is 2.27. The topological polar surface area (TPSA) is 81.9 Å². The van der Waals surface area contributed by atoms with Gasteiger partial charge in [0, 0.05) is 31.2 Å². The van der Waals surface area contributed by atoms with Crippen LogP contribution in [0.3, 0.4) is 0 Å². The number of likely N-dealkylation sites (tertiary alicyclic amines) is 1. The Morgan fingerprint density at radius 1 is 1.57 bits per heavy atom. The van der Waals surface area contributed by atoms with E-state index in [4.69, 9.17) is 5.26 Å². The Balaban J connectivity index is 1.51. The minimum Gasteiger partial charge on any atom is -0.370 e. The quantitative estimate of drug-likeness (QED) is 0.932. The number of pyridine rings is 1. The van der Waals surface area contributed by atoms with E-state index in [9.17, 15) is 4.79 Å². The summed E-state index contributed by atoms with van der Waals surface area (Å²) in [4.78, 5) is 22.7. The van der Waals surface area contributed by atoms with Gasteiger partial charge in [-0.05, 0) is 31.4 Å². The molecule has 1 amide bonds. The second-order valence-electron chi connectivity index (χ2n) is 5.58. The average Bonchev–Trinajstić information content (AvgIpc) is 3.22. The summed E-state index contributed by atoms with van der Waals surface area (Å²) in [7, 11) is 0. The number of nitrogens with one attached hydrogen (secondary N) is 1. The molecule has 2 aromatic heterocycles. The summed E-state index contributed by atoms with van der Waals surface area (Å²) < 4.78 is 0. The molecule has 3 rings (SSSR count). The minimum atomic E-state index is 0.0216. The van der Waals surface area contributed by atoms with Crippen LogP contribution in [-0.2, 0) is 0 Å². The molecule has 1 atom stereocenters. The highest BCUT2D eigenvalue weighted by molar-refractivity contribution is 7.09. The van der Waals surface area contributed by atoms with Gasteiger partial charge in [0.15, 0.2) is 0 Å². The number of amides is 1. The SMILES string of the molecule is Cc1nc(C(=O)N2CCC(CNc3ccc(C#N)cn3)C2)cs1. The second-order valence-corrected chi connectivity index (χ2v) is 6.64. The predicted molar refractivity (Wildman–Crippen MR) is 88.3 cm³/mol. The number of nitrogens with zero attached hydrogens (tertiary/aromatic N) is 4. The highest BCUT2D eigenvalue weighted by Crippen LogP contribution is 2.20. The summed E-state index contributed by atoms with van der Waals surface area (Å²) in [6.07, 6.45) is 2.52. The summed E-state index contributed by atoms with van der Waals surface area (Å²) in [6, 6.07) is 5.59. The van der Waals surface area contributed by atoms with E-state index in [1.165, 1.54) is 11.3 Å². The van der Waals surface area contributed by atoms with Crippen molar-refractivity contribution in [3.8, 4) is 6.07 Å². The van der Waals surface area contributed by atoms with Crippen LogP contribution in [0.25, 0.3) is 0 Å². The van der Waals surface area contributed by atoms with Gasteiger partial charge >= 0.3 is 0 Å². The molecule has 1 N–H and O–H groups in total. The molecular formula is C16H17N5OS. The smallest absolute Gasteiger partial charge is 0.273 e. The van der Waals surface area contributed by atoms with Gasteiger partial charge in [-0.1, -0.05) is 0 Å².